The first-order valence-corrected chi connectivity index (χ1v) is 12.1. The van der Waals surface area contributed by atoms with Gasteiger partial charge in [-0.2, -0.15) is 0 Å². The van der Waals surface area contributed by atoms with Gasteiger partial charge < -0.3 is 30.5 Å². The van der Waals surface area contributed by atoms with Gasteiger partial charge in [0, 0.05) is 37.3 Å². The molecule has 33 heavy (non-hydrogen) atoms. The predicted molar refractivity (Wildman–Crippen MR) is 131 cm³/mol. The Morgan fingerprint density at radius 2 is 1.94 bits per heavy atom. The average Bonchev–Trinajstić information content (AvgIpc) is 2.82. The highest BCUT2D eigenvalue weighted by Crippen LogP contribution is 2.31. The molecule has 8 nitrogen and oxygen atoms in total. The zero-order chi connectivity index (χ0) is 23.2. The third-order valence-corrected chi connectivity index (χ3v) is 6.64. The molecule has 1 aromatic heterocycles. The van der Waals surface area contributed by atoms with Crippen molar-refractivity contribution in [3.63, 3.8) is 0 Å². The summed E-state index contributed by atoms with van der Waals surface area (Å²) in [6.45, 7) is 0.690. The SMILES string of the molecule is CNCC(O)COc1cccc(-c2nc(N[C@H]3C[C@@H](O)C3)cc(N(C)C3CCCCC3)n2)c1. The monoisotopic (exact) mass is 455 g/mol. The lowest BCUT2D eigenvalue weighted by atomic mass is 9.89. The van der Waals surface area contributed by atoms with Gasteiger partial charge in [-0.05, 0) is 44.9 Å². The van der Waals surface area contributed by atoms with E-state index in [9.17, 15) is 10.2 Å². The van der Waals surface area contributed by atoms with Crippen LogP contribution in [0.25, 0.3) is 11.4 Å². The van der Waals surface area contributed by atoms with Gasteiger partial charge in [0.25, 0.3) is 0 Å². The first kappa shape index (κ1) is 23.7. The van der Waals surface area contributed by atoms with E-state index in [1.165, 1.54) is 32.1 Å². The molecule has 0 saturated heterocycles. The molecule has 4 N–H and O–H groups in total. The van der Waals surface area contributed by atoms with Crippen LogP contribution in [0.15, 0.2) is 30.3 Å². The minimum Gasteiger partial charge on any atom is -0.491 e. The summed E-state index contributed by atoms with van der Waals surface area (Å²) in [7, 11) is 3.93. The van der Waals surface area contributed by atoms with Crippen LogP contribution in [0.3, 0.4) is 0 Å². The fourth-order valence-electron chi connectivity index (χ4n) is 4.60. The molecular weight excluding hydrogens is 418 g/mol. The molecule has 0 bridgehead atoms. The van der Waals surface area contributed by atoms with Crippen LogP contribution in [0.4, 0.5) is 11.6 Å². The van der Waals surface area contributed by atoms with E-state index in [1.807, 2.05) is 30.3 Å². The smallest absolute Gasteiger partial charge is 0.163 e. The first-order chi connectivity index (χ1) is 16.0. The number of benzene rings is 1. The van der Waals surface area contributed by atoms with Gasteiger partial charge in [0.1, 0.15) is 30.1 Å². The lowest BCUT2D eigenvalue weighted by Gasteiger charge is -2.34. The summed E-state index contributed by atoms with van der Waals surface area (Å²) < 4.78 is 5.79. The number of hydrogen-bond acceptors (Lipinski definition) is 8. The summed E-state index contributed by atoms with van der Waals surface area (Å²) in [6, 6.07) is 10.4. The van der Waals surface area contributed by atoms with E-state index in [4.69, 9.17) is 14.7 Å². The lowest BCUT2D eigenvalue weighted by molar-refractivity contribution is 0.0835. The van der Waals surface area contributed by atoms with Gasteiger partial charge in [0.15, 0.2) is 5.82 Å². The minimum absolute atomic E-state index is 0.215. The Morgan fingerprint density at radius 1 is 1.15 bits per heavy atom. The molecule has 1 atom stereocenters. The molecule has 1 unspecified atom stereocenters. The van der Waals surface area contributed by atoms with Crippen LogP contribution in [-0.2, 0) is 0 Å². The standard InChI is InChI=1S/C25H37N5O3/c1-26-15-21(32)16-33-22-10-6-7-17(11-22)25-28-23(27-18-12-20(31)13-18)14-24(29-25)30(2)19-8-4-3-5-9-19/h6-7,10-11,14,18-21,26,31-32H,3-5,8-9,12-13,15-16H2,1-2H3,(H,27,28,29)/t18-,20+,21?. The number of nitrogens with zero attached hydrogens (tertiary/aromatic N) is 3. The predicted octanol–water partition coefficient (Wildman–Crippen LogP) is 2.81. The highest BCUT2D eigenvalue weighted by Gasteiger charge is 2.28. The van der Waals surface area contributed by atoms with Crippen molar-refractivity contribution in [3.8, 4) is 17.1 Å². The number of aromatic nitrogens is 2. The maximum Gasteiger partial charge on any atom is 0.163 e. The summed E-state index contributed by atoms with van der Waals surface area (Å²) >= 11 is 0. The average molecular weight is 456 g/mol. The van der Waals surface area contributed by atoms with E-state index >= 15 is 0 Å². The number of nitrogens with one attached hydrogen (secondary N) is 2. The molecule has 8 heteroatoms. The van der Waals surface area contributed by atoms with Crippen molar-refractivity contribution in [2.24, 2.45) is 0 Å². The zero-order valence-electron chi connectivity index (χ0n) is 19.7. The number of ether oxygens (including phenoxy) is 1. The molecule has 1 heterocycles. The summed E-state index contributed by atoms with van der Waals surface area (Å²) in [5.41, 5.74) is 0.867. The molecule has 2 aliphatic carbocycles. The van der Waals surface area contributed by atoms with E-state index in [0.717, 1.165) is 30.0 Å². The summed E-state index contributed by atoms with van der Waals surface area (Å²) in [4.78, 5) is 12.0. The van der Waals surface area contributed by atoms with Gasteiger partial charge in [-0.1, -0.05) is 31.4 Å². The van der Waals surface area contributed by atoms with Crippen LogP contribution in [0, 0.1) is 0 Å². The molecule has 0 spiro atoms. The van der Waals surface area contributed by atoms with E-state index in [-0.39, 0.29) is 18.8 Å². The Bertz CT molecular complexity index is 899. The second-order valence-corrected chi connectivity index (χ2v) is 9.35. The van der Waals surface area contributed by atoms with Crippen molar-refractivity contribution >= 4 is 11.6 Å². The van der Waals surface area contributed by atoms with Gasteiger partial charge in [-0.15, -0.1) is 0 Å². The molecule has 0 amide bonds. The van der Waals surface area contributed by atoms with E-state index < -0.39 is 6.10 Å². The summed E-state index contributed by atoms with van der Waals surface area (Å²) in [6.07, 6.45) is 6.89. The summed E-state index contributed by atoms with van der Waals surface area (Å²) in [5.74, 6) is 3.00. The quantitative estimate of drug-likeness (QED) is 0.434. The van der Waals surface area contributed by atoms with Gasteiger partial charge in [0.2, 0.25) is 0 Å². The van der Waals surface area contributed by atoms with Gasteiger partial charge >= 0.3 is 0 Å². The highest BCUT2D eigenvalue weighted by molar-refractivity contribution is 5.63. The van der Waals surface area contributed by atoms with Crippen LogP contribution in [0.5, 0.6) is 5.75 Å². The molecular formula is C25H37N5O3. The number of aliphatic hydroxyl groups excluding tert-OH is 2. The van der Waals surface area contributed by atoms with Crippen LogP contribution in [-0.4, -0.2) is 71.7 Å². The minimum atomic E-state index is -0.573. The molecule has 2 aliphatic rings. The number of anilines is 2. The number of aliphatic hydroxyl groups is 2. The maximum absolute atomic E-state index is 9.94. The Labute approximate surface area is 196 Å². The largest absolute Gasteiger partial charge is 0.491 e. The van der Waals surface area contributed by atoms with Crippen molar-refractivity contribution in [3.05, 3.63) is 30.3 Å². The van der Waals surface area contributed by atoms with Crippen LogP contribution < -0.4 is 20.3 Å². The second-order valence-electron chi connectivity index (χ2n) is 9.35. The molecule has 0 radical (unpaired) electrons. The number of hydrogen-bond donors (Lipinski definition) is 4. The molecule has 2 saturated carbocycles. The Balaban J connectivity index is 1.57. The maximum atomic E-state index is 9.94. The number of rotatable bonds is 10. The zero-order valence-corrected chi connectivity index (χ0v) is 19.7. The van der Waals surface area contributed by atoms with Gasteiger partial charge in [-0.25, -0.2) is 9.97 Å². The van der Waals surface area contributed by atoms with Crippen LogP contribution >= 0.6 is 0 Å². The van der Waals surface area contributed by atoms with E-state index in [1.54, 1.807) is 7.05 Å². The van der Waals surface area contributed by atoms with Crippen LogP contribution in [0.2, 0.25) is 0 Å². The molecule has 4 rings (SSSR count). The molecule has 2 fully saturated rings. The first-order valence-electron chi connectivity index (χ1n) is 12.1. The molecule has 1 aromatic carbocycles. The Morgan fingerprint density at radius 3 is 2.67 bits per heavy atom. The second kappa shape index (κ2) is 11.1. The Kier molecular flexibility index (Phi) is 8.01. The normalized spacial score (nSPS) is 21.8. The van der Waals surface area contributed by atoms with Gasteiger partial charge in [0.05, 0.1) is 6.10 Å². The summed E-state index contributed by atoms with van der Waals surface area (Å²) in [5, 5.41) is 26.0. The molecule has 2 aromatic rings. The van der Waals surface area contributed by atoms with Crippen molar-refractivity contribution < 1.29 is 14.9 Å². The fraction of sp³-hybridized carbons (Fsp3) is 0.600. The van der Waals surface area contributed by atoms with E-state index in [0.29, 0.717) is 24.2 Å². The molecule has 180 valence electrons. The van der Waals surface area contributed by atoms with Gasteiger partial charge in [-0.3, -0.25) is 0 Å². The third kappa shape index (κ3) is 6.34. The van der Waals surface area contributed by atoms with Crippen molar-refractivity contribution in [2.75, 3.05) is 37.5 Å². The Hall–Kier alpha value is -2.42. The van der Waals surface area contributed by atoms with Crippen molar-refractivity contribution in [1.29, 1.82) is 0 Å². The van der Waals surface area contributed by atoms with Crippen molar-refractivity contribution in [1.82, 2.24) is 15.3 Å². The third-order valence-electron chi connectivity index (χ3n) is 6.64. The van der Waals surface area contributed by atoms with Crippen molar-refractivity contribution in [2.45, 2.75) is 69.2 Å². The molecule has 0 aliphatic heterocycles. The highest BCUT2D eigenvalue weighted by atomic mass is 16.5. The fourth-order valence-corrected chi connectivity index (χ4v) is 4.60. The van der Waals surface area contributed by atoms with E-state index in [2.05, 4.69) is 22.6 Å². The number of likely N-dealkylation sites (N-methyl/N-ethyl adjacent to an activating group) is 1. The lowest BCUT2D eigenvalue weighted by Crippen LogP contribution is -2.39. The van der Waals surface area contributed by atoms with Crippen LogP contribution in [0.1, 0.15) is 44.9 Å². The topological polar surface area (TPSA) is 103 Å².